The minimum atomic E-state index is -0.251. The number of nitrogens with one attached hydrogen (secondary N) is 1. The summed E-state index contributed by atoms with van der Waals surface area (Å²) in [5, 5.41) is 6.88. The summed E-state index contributed by atoms with van der Waals surface area (Å²) in [4.78, 5) is 16.1. The quantitative estimate of drug-likeness (QED) is 0.798. The first kappa shape index (κ1) is 12.2. The average molecular weight is 248 g/mol. The molecule has 0 unspecified atom stereocenters. The summed E-state index contributed by atoms with van der Waals surface area (Å²) >= 11 is 0. The zero-order valence-electron chi connectivity index (χ0n) is 10.6. The first-order chi connectivity index (χ1) is 8.50. The van der Waals surface area contributed by atoms with Crippen molar-refractivity contribution in [3.63, 3.8) is 0 Å². The Morgan fingerprint density at radius 2 is 2.22 bits per heavy atom. The number of nitrogens with two attached hydrogens (primary N) is 1. The van der Waals surface area contributed by atoms with Crippen LogP contribution in [-0.2, 0) is 20.6 Å². The Balaban J connectivity index is 2.11. The monoisotopic (exact) mass is 248 g/mol. The number of nitrogens with zero attached hydrogens (tertiary/aromatic N) is 4. The van der Waals surface area contributed by atoms with Gasteiger partial charge in [-0.3, -0.25) is 9.48 Å². The SMILES string of the molecule is Cc1nn(C)c(C(=O)NCc2nccn2C)c1N. The van der Waals surface area contributed by atoms with Crippen molar-refractivity contribution in [3.8, 4) is 0 Å². The predicted molar refractivity (Wildman–Crippen MR) is 66.7 cm³/mol. The Labute approximate surface area is 105 Å². The van der Waals surface area contributed by atoms with Gasteiger partial charge in [-0.2, -0.15) is 5.10 Å². The highest BCUT2D eigenvalue weighted by atomic mass is 16.2. The van der Waals surface area contributed by atoms with Gasteiger partial charge in [-0.15, -0.1) is 0 Å². The number of carbonyl (C=O) groups is 1. The molecule has 0 saturated heterocycles. The van der Waals surface area contributed by atoms with Gasteiger partial charge in [-0.1, -0.05) is 0 Å². The van der Waals surface area contributed by atoms with Gasteiger partial charge < -0.3 is 15.6 Å². The summed E-state index contributed by atoms with van der Waals surface area (Å²) in [6, 6.07) is 0. The van der Waals surface area contributed by atoms with Gasteiger partial charge in [0.25, 0.3) is 5.91 Å². The second-order valence-corrected chi connectivity index (χ2v) is 4.11. The van der Waals surface area contributed by atoms with Crippen LogP contribution in [0.25, 0.3) is 0 Å². The first-order valence-electron chi connectivity index (χ1n) is 5.54. The molecule has 0 fully saturated rings. The molecule has 7 nitrogen and oxygen atoms in total. The maximum absolute atomic E-state index is 12.0. The number of amides is 1. The van der Waals surface area contributed by atoms with Crippen molar-refractivity contribution in [2.24, 2.45) is 14.1 Å². The number of aromatic nitrogens is 4. The lowest BCUT2D eigenvalue weighted by Crippen LogP contribution is -2.27. The molecule has 0 spiro atoms. The first-order valence-corrected chi connectivity index (χ1v) is 5.54. The Bertz CT molecular complexity index is 582. The van der Waals surface area contributed by atoms with Gasteiger partial charge in [-0.25, -0.2) is 4.98 Å². The minimum Gasteiger partial charge on any atom is -0.395 e. The standard InChI is InChI=1S/C11H16N6O/c1-7-9(12)10(17(3)15-7)11(18)14-6-8-13-4-5-16(8)2/h4-5H,6,12H2,1-3H3,(H,14,18). The van der Waals surface area contributed by atoms with Crippen LogP contribution in [0.4, 0.5) is 5.69 Å². The molecule has 2 aromatic heterocycles. The number of aryl methyl sites for hydroxylation is 3. The Morgan fingerprint density at radius 3 is 2.72 bits per heavy atom. The van der Waals surface area contributed by atoms with E-state index in [1.807, 2.05) is 17.8 Å². The zero-order chi connectivity index (χ0) is 13.3. The molecule has 0 radical (unpaired) electrons. The molecule has 0 aliphatic heterocycles. The van der Waals surface area contributed by atoms with Gasteiger partial charge in [0.05, 0.1) is 17.9 Å². The number of carbonyl (C=O) groups excluding carboxylic acids is 1. The van der Waals surface area contributed by atoms with Crippen LogP contribution in [0.3, 0.4) is 0 Å². The Morgan fingerprint density at radius 1 is 1.50 bits per heavy atom. The maximum atomic E-state index is 12.0. The molecule has 96 valence electrons. The smallest absolute Gasteiger partial charge is 0.272 e. The lowest BCUT2D eigenvalue weighted by molar-refractivity contribution is 0.0941. The molecule has 18 heavy (non-hydrogen) atoms. The molecule has 0 aromatic carbocycles. The topological polar surface area (TPSA) is 90.8 Å². The van der Waals surface area contributed by atoms with E-state index < -0.39 is 0 Å². The van der Waals surface area contributed by atoms with Crippen molar-refractivity contribution in [2.75, 3.05) is 5.73 Å². The van der Waals surface area contributed by atoms with Crippen LogP contribution >= 0.6 is 0 Å². The summed E-state index contributed by atoms with van der Waals surface area (Å²) in [6.45, 7) is 2.12. The van der Waals surface area contributed by atoms with E-state index in [0.29, 0.717) is 23.6 Å². The molecule has 0 saturated carbocycles. The minimum absolute atomic E-state index is 0.251. The third kappa shape index (κ3) is 2.06. The highest BCUT2D eigenvalue weighted by Crippen LogP contribution is 2.14. The second kappa shape index (κ2) is 4.52. The third-order valence-electron chi connectivity index (χ3n) is 2.81. The molecule has 1 amide bonds. The van der Waals surface area contributed by atoms with Gasteiger partial charge >= 0.3 is 0 Å². The number of rotatable bonds is 3. The fourth-order valence-electron chi connectivity index (χ4n) is 1.75. The van der Waals surface area contributed by atoms with E-state index in [0.717, 1.165) is 5.82 Å². The van der Waals surface area contributed by atoms with Gasteiger partial charge in [0, 0.05) is 26.5 Å². The number of imidazole rings is 1. The van der Waals surface area contributed by atoms with Crippen LogP contribution in [0.15, 0.2) is 12.4 Å². The van der Waals surface area contributed by atoms with Crippen molar-refractivity contribution in [3.05, 3.63) is 29.6 Å². The van der Waals surface area contributed by atoms with E-state index >= 15 is 0 Å². The Kier molecular flexibility index (Phi) is 3.05. The molecule has 2 aromatic rings. The summed E-state index contributed by atoms with van der Waals surface area (Å²) in [5.74, 6) is 0.527. The molecule has 2 rings (SSSR count). The largest absolute Gasteiger partial charge is 0.395 e. The number of nitrogen functional groups attached to an aromatic ring is 1. The summed E-state index contributed by atoms with van der Waals surface area (Å²) in [7, 11) is 3.57. The average Bonchev–Trinajstić information content (AvgIpc) is 2.81. The van der Waals surface area contributed by atoms with Crippen LogP contribution in [-0.4, -0.2) is 25.2 Å². The predicted octanol–water partition coefficient (Wildman–Crippen LogP) is -0.0258. The van der Waals surface area contributed by atoms with Crippen LogP contribution < -0.4 is 11.1 Å². The summed E-state index contributed by atoms with van der Waals surface area (Å²) < 4.78 is 3.33. The van der Waals surface area contributed by atoms with Crippen LogP contribution in [0.2, 0.25) is 0 Å². The second-order valence-electron chi connectivity index (χ2n) is 4.11. The van der Waals surface area contributed by atoms with Crippen molar-refractivity contribution in [1.29, 1.82) is 0 Å². The Hall–Kier alpha value is -2.31. The van der Waals surface area contributed by atoms with Crippen molar-refractivity contribution >= 4 is 11.6 Å². The highest BCUT2D eigenvalue weighted by Gasteiger charge is 2.17. The number of anilines is 1. The third-order valence-corrected chi connectivity index (χ3v) is 2.81. The molecular weight excluding hydrogens is 232 g/mol. The summed E-state index contributed by atoms with van der Waals surface area (Å²) in [5.41, 5.74) is 7.26. The molecule has 7 heteroatoms. The van der Waals surface area contributed by atoms with E-state index in [1.54, 1.807) is 20.2 Å². The van der Waals surface area contributed by atoms with E-state index in [-0.39, 0.29) is 5.91 Å². The lowest BCUT2D eigenvalue weighted by atomic mass is 10.3. The molecule has 0 aliphatic carbocycles. The number of hydrogen-bond donors (Lipinski definition) is 2. The molecule has 0 bridgehead atoms. The van der Waals surface area contributed by atoms with Crippen LogP contribution in [0.5, 0.6) is 0 Å². The van der Waals surface area contributed by atoms with E-state index in [2.05, 4.69) is 15.4 Å². The molecule has 0 atom stereocenters. The van der Waals surface area contributed by atoms with E-state index in [1.165, 1.54) is 4.68 Å². The van der Waals surface area contributed by atoms with E-state index in [4.69, 9.17) is 5.73 Å². The molecule has 3 N–H and O–H groups in total. The van der Waals surface area contributed by atoms with Gasteiger partial charge in [0.1, 0.15) is 11.5 Å². The van der Waals surface area contributed by atoms with Gasteiger partial charge in [-0.05, 0) is 6.92 Å². The zero-order valence-corrected chi connectivity index (χ0v) is 10.6. The maximum Gasteiger partial charge on any atom is 0.272 e. The normalized spacial score (nSPS) is 10.6. The summed E-state index contributed by atoms with van der Waals surface area (Å²) in [6.07, 6.45) is 3.51. The fraction of sp³-hybridized carbons (Fsp3) is 0.364. The molecule has 0 aliphatic rings. The van der Waals surface area contributed by atoms with Crippen LogP contribution in [0, 0.1) is 6.92 Å². The van der Waals surface area contributed by atoms with Gasteiger partial charge in [0.15, 0.2) is 0 Å². The highest BCUT2D eigenvalue weighted by molar-refractivity contribution is 5.97. The van der Waals surface area contributed by atoms with Crippen molar-refractivity contribution in [2.45, 2.75) is 13.5 Å². The molecule has 2 heterocycles. The van der Waals surface area contributed by atoms with Crippen molar-refractivity contribution in [1.82, 2.24) is 24.6 Å². The van der Waals surface area contributed by atoms with E-state index in [9.17, 15) is 4.79 Å². The number of hydrogen-bond acceptors (Lipinski definition) is 4. The van der Waals surface area contributed by atoms with Crippen LogP contribution in [0.1, 0.15) is 22.0 Å². The molecular formula is C11H16N6O. The van der Waals surface area contributed by atoms with Crippen molar-refractivity contribution < 1.29 is 4.79 Å². The van der Waals surface area contributed by atoms with Gasteiger partial charge in [0.2, 0.25) is 0 Å². The lowest BCUT2D eigenvalue weighted by Gasteiger charge is -2.06. The fourth-order valence-corrected chi connectivity index (χ4v) is 1.75.